The minimum atomic E-state index is -0.158. The molecule has 0 amide bonds. The second-order valence-electron chi connectivity index (χ2n) is 5.98. The van der Waals surface area contributed by atoms with Gasteiger partial charge in [-0.25, -0.2) is 0 Å². The molecule has 1 heterocycles. The van der Waals surface area contributed by atoms with E-state index >= 15 is 0 Å². The second-order valence-corrected chi connectivity index (χ2v) is 5.98. The summed E-state index contributed by atoms with van der Waals surface area (Å²) in [5.41, 5.74) is -0.158. The molecule has 3 heteroatoms. The maximum absolute atomic E-state index is 9.53. The molecule has 0 bridgehead atoms. The lowest BCUT2D eigenvalue weighted by atomic mass is 9.96. The van der Waals surface area contributed by atoms with Crippen LogP contribution in [0.1, 0.15) is 40.5 Å². The van der Waals surface area contributed by atoms with Gasteiger partial charge >= 0.3 is 0 Å². The molecule has 0 aromatic heterocycles. The first-order valence-corrected chi connectivity index (χ1v) is 6.56. The van der Waals surface area contributed by atoms with Crippen molar-refractivity contribution in [3.8, 4) is 0 Å². The zero-order chi connectivity index (χ0) is 12.2. The van der Waals surface area contributed by atoms with Gasteiger partial charge in [-0.05, 0) is 38.8 Å². The Bertz CT molecular complexity index is 200. The molecule has 3 nitrogen and oxygen atoms in total. The molecule has 0 aromatic carbocycles. The first-order chi connectivity index (χ1) is 7.45. The van der Waals surface area contributed by atoms with Gasteiger partial charge in [0.05, 0.1) is 12.1 Å². The first-order valence-electron chi connectivity index (χ1n) is 6.56. The third-order valence-electron chi connectivity index (χ3n) is 3.43. The number of piperidine rings is 1. The van der Waals surface area contributed by atoms with Gasteiger partial charge in [0.15, 0.2) is 0 Å². The van der Waals surface area contributed by atoms with Gasteiger partial charge < -0.3 is 15.3 Å². The Balaban J connectivity index is 2.43. The number of likely N-dealkylation sites (tertiary alicyclic amines) is 1. The molecular weight excluding hydrogens is 200 g/mol. The van der Waals surface area contributed by atoms with E-state index < -0.39 is 0 Å². The zero-order valence-electron chi connectivity index (χ0n) is 11.3. The molecule has 1 fully saturated rings. The van der Waals surface area contributed by atoms with Gasteiger partial charge in [-0.15, -0.1) is 0 Å². The molecule has 1 saturated heterocycles. The Labute approximate surface area is 100 Å². The van der Waals surface area contributed by atoms with Crippen molar-refractivity contribution in [1.82, 2.24) is 10.2 Å². The van der Waals surface area contributed by atoms with Crippen LogP contribution in [0.2, 0.25) is 0 Å². The highest BCUT2D eigenvalue weighted by Crippen LogP contribution is 2.18. The Hall–Kier alpha value is -0.120. The summed E-state index contributed by atoms with van der Waals surface area (Å²) in [7, 11) is 0. The number of aliphatic hydroxyl groups is 1. The lowest BCUT2D eigenvalue weighted by molar-refractivity contribution is 0.0933. The molecule has 2 N–H and O–H groups in total. The molecule has 1 aliphatic heterocycles. The van der Waals surface area contributed by atoms with E-state index in [4.69, 9.17) is 0 Å². The fraction of sp³-hybridized carbons (Fsp3) is 1.00. The van der Waals surface area contributed by atoms with E-state index in [0.29, 0.717) is 6.04 Å². The van der Waals surface area contributed by atoms with Gasteiger partial charge in [0.2, 0.25) is 0 Å². The summed E-state index contributed by atoms with van der Waals surface area (Å²) in [5, 5.41) is 13.0. The Morgan fingerprint density at radius 1 is 1.38 bits per heavy atom. The molecule has 1 atom stereocenters. The molecule has 1 unspecified atom stereocenters. The van der Waals surface area contributed by atoms with Crippen LogP contribution in [0.15, 0.2) is 0 Å². The molecule has 0 aliphatic carbocycles. The van der Waals surface area contributed by atoms with Crippen molar-refractivity contribution in [2.75, 3.05) is 26.2 Å². The predicted octanol–water partition coefficient (Wildman–Crippen LogP) is 1.47. The van der Waals surface area contributed by atoms with Crippen molar-refractivity contribution in [2.24, 2.45) is 5.92 Å². The largest absolute Gasteiger partial charge is 0.394 e. The smallest absolute Gasteiger partial charge is 0.0623 e. The highest BCUT2D eigenvalue weighted by Gasteiger charge is 2.28. The normalized spacial score (nSPS) is 23.6. The van der Waals surface area contributed by atoms with E-state index in [1.54, 1.807) is 0 Å². The molecular formula is C13H28N2O. The van der Waals surface area contributed by atoms with Gasteiger partial charge in [-0.1, -0.05) is 20.8 Å². The third kappa shape index (κ3) is 4.40. The average molecular weight is 228 g/mol. The Kier molecular flexibility index (Phi) is 5.22. The van der Waals surface area contributed by atoms with Crippen molar-refractivity contribution in [3.63, 3.8) is 0 Å². The van der Waals surface area contributed by atoms with Gasteiger partial charge in [-0.3, -0.25) is 0 Å². The lowest BCUT2D eigenvalue weighted by Gasteiger charge is -2.39. The standard InChI is InChI=1S/C13H28N2O/c1-11(2)14-13(4,10-16)9-15-7-5-12(3)6-8-15/h11-12,14,16H,5-10H2,1-4H3. The summed E-state index contributed by atoms with van der Waals surface area (Å²) in [4.78, 5) is 2.48. The fourth-order valence-corrected chi connectivity index (χ4v) is 2.55. The molecule has 1 aliphatic rings. The van der Waals surface area contributed by atoms with Crippen molar-refractivity contribution in [3.05, 3.63) is 0 Å². The van der Waals surface area contributed by atoms with Crippen LogP contribution in [0.25, 0.3) is 0 Å². The lowest BCUT2D eigenvalue weighted by Crippen LogP contribution is -2.57. The second kappa shape index (κ2) is 5.99. The molecule has 16 heavy (non-hydrogen) atoms. The van der Waals surface area contributed by atoms with Crippen molar-refractivity contribution >= 4 is 0 Å². The van der Waals surface area contributed by atoms with Crippen molar-refractivity contribution in [1.29, 1.82) is 0 Å². The average Bonchev–Trinajstić information content (AvgIpc) is 2.20. The molecule has 0 saturated carbocycles. The van der Waals surface area contributed by atoms with Crippen LogP contribution < -0.4 is 5.32 Å². The SMILES string of the molecule is CC1CCN(CC(C)(CO)NC(C)C)CC1. The van der Waals surface area contributed by atoms with Gasteiger partial charge in [-0.2, -0.15) is 0 Å². The summed E-state index contributed by atoms with van der Waals surface area (Å²) in [6.45, 7) is 12.2. The number of aliphatic hydroxyl groups excluding tert-OH is 1. The highest BCUT2D eigenvalue weighted by molar-refractivity contribution is 4.88. The van der Waals surface area contributed by atoms with Crippen LogP contribution in [0, 0.1) is 5.92 Å². The summed E-state index contributed by atoms with van der Waals surface area (Å²) in [5.74, 6) is 0.870. The highest BCUT2D eigenvalue weighted by atomic mass is 16.3. The van der Waals surface area contributed by atoms with E-state index in [0.717, 1.165) is 12.5 Å². The van der Waals surface area contributed by atoms with Crippen LogP contribution in [-0.2, 0) is 0 Å². The summed E-state index contributed by atoms with van der Waals surface area (Å²) >= 11 is 0. The van der Waals surface area contributed by atoms with Crippen LogP contribution in [-0.4, -0.2) is 47.8 Å². The van der Waals surface area contributed by atoms with Gasteiger partial charge in [0.25, 0.3) is 0 Å². The number of nitrogens with zero attached hydrogens (tertiary/aromatic N) is 1. The topological polar surface area (TPSA) is 35.5 Å². The number of rotatable bonds is 5. The maximum Gasteiger partial charge on any atom is 0.0623 e. The van der Waals surface area contributed by atoms with E-state index in [9.17, 15) is 5.11 Å². The van der Waals surface area contributed by atoms with Crippen LogP contribution in [0.5, 0.6) is 0 Å². The number of nitrogens with one attached hydrogen (secondary N) is 1. The van der Waals surface area contributed by atoms with Crippen molar-refractivity contribution in [2.45, 2.75) is 52.1 Å². The Morgan fingerprint density at radius 3 is 2.38 bits per heavy atom. The molecule has 96 valence electrons. The maximum atomic E-state index is 9.53. The molecule has 1 rings (SSSR count). The van der Waals surface area contributed by atoms with E-state index in [1.165, 1.54) is 25.9 Å². The Morgan fingerprint density at radius 2 is 1.94 bits per heavy atom. The molecule has 0 aromatic rings. The van der Waals surface area contributed by atoms with Crippen molar-refractivity contribution < 1.29 is 5.11 Å². The summed E-state index contributed by atoms with van der Waals surface area (Å²) in [6, 6.07) is 0.417. The monoisotopic (exact) mass is 228 g/mol. The molecule has 0 radical (unpaired) electrons. The minimum absolute atomic E-state index is 0.158. The minimum Gasteiger partial charge on any atom is -0.394 e. The van der Waals surface area contributed by atoms with E-state index in [1.807, 2.05) is 0 Å². The van der Waals surface area contributed by atoms with Crippen LogP contribution in [0.3, 0.4) is 0 Å². The summed E-state index contributed by atoms with van der Waals surface area (Å²) in [6.07, 6.45) is 2.59. The fourth-order valence-electron chi connectivity index (χ4n) is 2.55. The quantitative estimate of drug-likeness (QED) is 0.748. The number of hydrogen-bond acceptors (Lipinski definition) is 3. The van der Waals surface area contributed by atoms with Crippen LogP contribution >= 0.6 is 0 Å². The van der Waals surface area contributed by atoms with Gasteiger partial charge in [0, 0.05) is 12.6 Å². The first kappa shape index (κ1) is 13.9. The summed E-state index contributed by atoms with van der Waals surface area (Å²) < 4.78 is 0. The number of hydrogen-bond donors (Lipinski definition) is 2. The third-order valence-corrected chi connectivity index (χ3v) is 3.43. The van der Waals surface area contributed by atoms with Crippen LogP contribution in [0.4, 0.5) is 0 Å². The van der Waals surface area contributed by atoms with E-state index in [-0.39, 0.29) is 12.1 Å². The predicted molar refractivity (Wildman–Crippen MR) is 68.6 cm³/mol. The van der Waals surface area contributed by atoms with Gasteiger partial charge in [0.1, 0.15) is 0 Å². The molecule has 0 spiro atoms. The zero-order valence-corrected chi connectivity index (χ0v) is 11.3. The van der Waals surface area contributed by atoms with E-state index in [2.05, 4.69) is 37.9 Å².